The van der Waals surface area contributed by atoms with Crippen LogP contribution in [0.2, 0.25) is 0 Å². The van der Waals surface area contributed by atoms with Gasteiger partial charge in [-0.05, 0) is 31.1 Å². The van der Waals surface area contributed by atoms with Crippen LogP contribution in [0.1, 0.15) is 58.8 Å². The third-order valence-electron chi connectivity index (χ3n) is 3.39. The van der Waals surface area contributed by atoms with E-state index in [0.717, 1.165) is 19.3 Å². The van der Waals surface area contributed by atoms with E-state index in [9.17, 15) is 9.90 Å². The molecular formula is C13H24O2. The summed E-state index contributed by atoms with van der Waals surface area (Å²) in [6.07, 6.45) is 6.48. The molecule has 0 heterocycles. The number of ketones is 1. The van der Waals surface area contributed by atoms with Crippen molar-refractivity contribution < 1.29 is 9.90 Å². The topological polar surface area (TPSA) is 37.3 Å². The van der Waals surface area contributed by atoms with Gasteiger partial charge in [0.2, 0.25) is 0 Å². The number of rotatable bonds is 5. The number of carbonyl (C=O) groups is 1. The quantitative estimate of drug-likeness (QED) is 0.760. The van der Waals surface area contributed by atoms with Crippen LogP contribution in [0.4, 0.5) is 0 Å². The number of hydrogen-bond donors (Lipinski definition) is 1. The zero-order valence-corrected chi connectivity index (χ0v) is 10.0. The molecule has 0 bridgehead atoms. The SMILES string of the molecule is CC(C)CCC(=O)C(O)C1CCCCC1. The highest BCUT2D eigenvalue weighted by atomic mass is 16.3. The third kappa shape index (κ3) is 4.33. The summed E-state index contributed by atoms with van der Waals surface area (Å²) in [4.78, 5) is 11.7. The van der Waals surface area contributed by atoms with Crippen LogP contribution in [0, 0.1) is 11.8 Å². The highest BCUT2D eigenvalue weighted by molar-refractivity contribution is 5.83. The minimum atomic E-state index is -0.677. The molecule has 2 heteroatoms. The third-order valence-corrected chi connectivity index (χ3v) is 3.39. The molecule has 15 heavy (non-hydrogen) atoms. The van der Waals surface area contributed by atoms with Crippen molar-refractivity contribution in [2.24, 2.45) is 11.8 Å². The largest absolute Gasteiger partial charge is 0.385 e. The molecule has 0 radical (unpaired) electrons. The van der Waals surface area contributed by atoms with Gasteiger partial charge in [0.1, 0.15) is 6.10 Å². The number of aliphatic hydroxyl groups is 1. The molecule has 1 saturated carbocycles. The van der Waals surface area contributed by atoms with Gasteiger partial charge < -0.3 is 5.11 Å². The molecule has 2 nitrogen and oxygen atoms in total. The van der Waals surface area contributed by atoms with E-state index >= 15 is 0 Å². The normalized spacial score (nSPS) is 20.5. The van der Waals surface area contributed by atoms with Crippen molar-refractivity contribution in [1.29, 1.82) is 0 Å². The maximum Gasteiger partial charge on any atom is 0.161 e. The molecule has 0 aromatic rings. The number of hydrogen-bond acceptors (Lipinski definition) is 2. The Hall–Kier alpha value is -0.370. The molecule has 1 N–H and O–H groups in total. The maximum atomic E-state index is 11.7. The lowest BCUT2D eigenvalue weighted by atomic mass is 9.83. The van der Waals surface area contributed by atoms with Crippen LogP contribution in [-0.4, -0.2) is 17.0 Å². The van der Waals surface area contributed by atoms with Gasteiger partial charge in [0.05, 0.1) is 0 Å². The van der Waals surface area contributed by atoms with E-state index in [2.05, 4.69) is 13.8 Å². The van der Waals surface area contributed by atoms with Gasteiger partial charge in [-0.15, -0.1) is 0 Å². The molecule has 1 unspecified atom stereocenters. The van der Waals surface area contributed by atoms with Gasteiger partial charge in [0.15, 0.2) is 5.78 Å². The molecular weight excluding hydrogens is 188 g/mol. The van der Waals surface area contributed by atoms with Gasteiger partial charge >= 0.3 is 0 Å². The Balaban J connectivity index is 2.30. The fraction of sp³-hybridized carbons (Fsp3) is 0.923. The molecule has 0 aliphatic heterocycles. The Morgan fingerprint density at radius 1 is 1.27 bits per heavy atom. The summed E-state index contributed by atoms with van der Waals surface area (Å²) in [7, 11) is 0. The minimum Gasteiger partial charge on any atom is -0.385 e. The second kappa shape index (κ2) is 6.26. The highest BCUT2D eigenvalue weighted by Gasteiger charge is 2.26. The average molecular weight is 212 g/mol. The number of aliphatic hydroxyl groups excluding tert-OH is 1. The summed E-state index contributed by atoms with van der Waals surface area (Å²) >= 11 is 0. The summed E-state index contributed by atoms with van der Waals surface area (Å²) in [5.41, 5.74) is 0. The van der Waals surface area contributed by atoms with Crippen LogP contribution in [0.5, 0.6) is 0 Å². The van der Waals surface area contributed by atoms with Crippen LogP contribution < -0.4 is 0 Å². The lowest BCUT2D eigenvalue weighted by molar-refractivity contribution is -0.130. The molecule has 1 atom stereocenters. The first-order valence-electron chi connectivity index (χ1n) is 6.32. The zero-order chi connectivity index (χ0) is 11.3. The van der Waals surface area contributed by atoms with Crippen LogP contribution in [0.15, 0.2) is 0 Å². The fourth-order valence-electron chi connectivity index (χ4n) is 2.29. The van der Waals surface area contributed by atoms with Crippen LogP contribution in [0.25, 0.3) is 0 Å². The molecule has 1 rings (SSSR count). The monoisotopic (exact) mass is 212 g/mol. The van der Waals surface area contributed by atoms with E-state index in [-0.39, 0.29) is 11.7 Å². The smallest absolute Gasteiger partial charge is 0.161 e. The van der Waals surface area contributed by atoms with Crippen molar-refractivity contribution in [3.05, 3.63) is 0 Å². The Labute approximate surface area is 93.1 Å². The van der Waals surface area contributed by atoms with Crippen molar-refractivity contribution in [1.82, 2.24) is 0 Å². The van der Waals surface area contributed by atoms with Gasteiger partial charge in [0, 0.05) is 6.42 Å². The second-order valence-electron chi connectivity index (χ2n) is 5.24. The van der Waals surface area contributed by atoms with Crippen molar-refractivity contribution in [2.45, 2.75) is 64.9 Å². The molecule has 0 spiro atoms. The standard InChI is InChI=1S/C13H24O2/c1-10(2)8-9-12(14)13(15)11-6-4-3-5-7-11/h10-11,13,15H,3-9H2,1-2H3. The summed E-state index contributed by atoms with van der Waals surface area (Å²) in [6, 6.07) is 0. The lowest BCUT2D eigenvalue weighted by Gasteiger charge is -2.25. The van der Waals surface area contributed by atoms with Gasteiger partial charge in [-0.2, -0.15) is 0 Å². The summed E-state index contributed by atoms with van der Waals surface area (Å²) in [6.45, 7) is 4.22. The average Bonchev–Trinajstić information content (AvgIpc) is 2.26. The number of Topliss-reactive ketones (excluding diaryl/α,β-unsaturated/α-hetero) is 1. The predicted molar refractivity (Wildman–Crippen MR) is 61.7 cm³/mol. The van der Waals surface area contributed by atoms with Crippen molar-refractivity contribution in [3.63, 3.8) is 0 Å². The van der Waals surface area contributed by atoms with Crippen molar-refractivity contribution in [2.75, 3.05) is 0 Å². The lowest BCUT2D eigenvalue weighted by Crippen LogP contribution is -2.31. The molecule has 0 aromatic heterocycles. The Bertz CT molecular complexity index is 193. The van der Waals surface area contributed by atoms with Gasteiger partial charge in [0.25, 0.3) is 0 Å². The van der Waals surface area contributed by atoms with E-state index < -0.39 is 6.10 Å². The maximum absolute atomic E-state index is 11.7. The summed E-state index contributed by atoms with van der Waals surface area (Å²) in [5, 5.41) is 9.91. The molecule has 1 aliphatic rings. The molecule has 88 valence electrons. The molecule has 0 saturated heterocycles. The van der Waals surface area contributed by atoms with E-state index in [1.54, 1.807) is 0 Å². The highest BCUT2D eigenvalue weighted by Crippen LogP contribution is 2.27. The summed E-state index contributed by atoms with van der Waals surface area (Å²) < 4.78 is 0. The summed E-state index contributed by atoms with van der Waals surface area (Å²) in [5.74, 6) is 0.863. The van der Waals surface area contributed by atoms with Gasteiger partial charge in [-0.1, -0.05) is 33.1 Å². The van der Waals surface area contributed by atoms with Gasteiger partial charge in [-0.3, -0.25) is 4.79 Å². The van der Waals surface area contributed by atoms with Crippen molar-refractivity contribution >= 4 is 5.78 Å². The van der Waals surface area contributed by atoms with Gasteiger partial charge in [-0.25, -0.2) is 0 Å². The zero-order valence-electron chi connectivity index (χ0n) is 10.0. The Kier molecular flexibility index (Phi) is 5.30. The van der Waals surface area contributed by atoms with E-state index in [0.29, 0.717) is 12.3 Å². The Morgan fingerprint density at radius 3 is 2.40 bits per heavy atom. The van der Waals surface area contributed by atoms with Crippen LogP contribution in [-0.2, 0) is 4.79 Å². The minimum absolute atomic E-state index is 0.0654. The van der Waals surface area contributed by atoms with E-state index in [1.807, 2.05) is 0 Å². The fourth-order valence-corrected chi connectivity index (χ4v) is 2.29. The van der Waals surface area contributed by atoms with E-state index in [4.69, 9.17) is 0 Å². The molecule has 0 aromatic carbocycles. The molecule has 1 aliphatic carbocycles. The molecule has 1 fully saturated rings. The predicted octanol–water partition coefficient (Wildman–Crippen LogP) is 2.93. The first-order valence-corrected chi connectivity index (χ1v) is 6.32. The Morgan fingerprint density at radius 2 is 1.87 bits per heavy atom. The van der Waals surface area contributed by atoms with Crippen LogP contribution >= 0.6 is 0 Å². The second-order valence-corrected chi connectivity index (χ2v) is 5.24. The number of carbonyl (C=O) groups excluding carboxylic acids is 1. The van der Waals surface area contributed by atoms with Crippen LogP contribution in [0.3, 0.4) is 0 Å². The first kappa shape index (κ1) is 12.7. The molecule has 0 amide bonds. The van der Waals surface area contributed by atoms with E-state index in [1.165, 1.54) is 19.3 Å². The van der Waals surface area contributed by atoms with Crippen molar-refractivity contribution in [3.8, 4) is 0 Å². The first-order chi connectivity index (χ1) is 7.11.